The summed E-state index contributed by atoms with van der Waals surface area (Å²) in [7, 11) is 0. The number of fused-ring (bicyclic) bond motifs is 2. The number of anilines is 1. The number of hydrogen-bond acceptors (Lipinski definition) is 5. The number of pyridine rings is 1. The minimum Gasteiger partial charge on any atom is -0.375 e. The fourth-order valence-corrected chi connectivity index (χ4v) is 4.81. The highest BCUT2D eigenvalue weighted by molar-refractivity contribution is 5.91. The van der Waals surface area contributed by atoms with Gasteiger partial charge in [0.2, 0.25) is 0 Å². The molecule has 3 aliphatic heterocycles. The highest BCUT2D eigenvalue weighted by Crippen LogP contribution is 2.33. The minimum absolute atomic E-state index is 0.0829. The summed E-state index contributed by atoms with van der Waals surface area (Å²) in [6.45, 7) is 12.5. The molecule has 0 radical (unpaired) electrons. The molecule has 0 bridgehead atoms. The Morgan fingerprint density at radius 3 is 3.00 bits per heavy atom. The van der Waals surface area contributed by atoms with Crippen LogP contribution >= 0.6 is 0 Å². The second-order valence-electron chi connectivity index (χ2n) is 9.94. The van der Waals surface area contributed by atoms with E-state index in [0.29, 0.717) is 5.92 Å². The number of aromatic nitrogens is 2. The minimum atomic E-state index is 0.0829. The number of ether oxygens (including phenoxy) is 1. The molecule has 164 valence electrons. The number of hydrogen-bond donors (Lipinski definition) is 2. The van der Waals surface area contributed by atoms with Crippen molar-refractivity contribution in [2.75, 3.05) is 31.1 Å². The summed E-state index contributed by atoms with van der Waals surface area (Å²) >= 11 is 0. The molecular weight excluding hydrogens is 386 g/mol. The molecule has 2 aromatic heterocycles. The molecule has 6 heteroatoms. The van der Waals surface area contributed by atoms with Crippen molar-refractivity contribution in [3.63, 3.8) is 0 Å². The van der Waals surface area contributed by atoms with Gasteiger partial charge in [-0.2, -0.15) is 0 Å². The third-order valence-electron chi connectivity index (χ3n) is 6.69. The van der Waals surface area contributed by atoms with Crippen molar-refractivity contribution in [1.29, 1.82) is 0 Å². The molecule has 1 fully saturated rings. The predicted octanol–water partition coefficient (Wildman–Crippen LogP) is 4.25. The molecule has 6 nitrogen and oxygen atoms in total. The summed E-state index contributed by atoms with van der Waals surface area (Å²) in [5, 5.41) is 3.34. The standard InChI is InChI=1S/C25H33N5O/c1-17(21-14-28-30-8-6-5-7-22(21)30)11-19-16-29(9-10-31-19)23-15-27-24-20(23)12-18(13-26-24)25(2,3)4/h5-8,12-13,15,17,19,28H,9-11,14,16H2,1-4H3,(H,26,27). The molecule has 0 amide bonds. The van der Waals surface area contributed by atoms with Crippen molar-refractivity contribution >= 4 is 16.7 Å². The number of aromatic amines is 1. The zero-order valence-corrected chi connectivity index (χ0v) is 19.0. The van der Waals surface area contributed by atoms with Gasteiger partial charge in [-0.3, -0.25) is 5.01 Å². The zero-order chi connectivity index (χ0) is 21.6. The van der Waals surface area contributed by atoms with Crippen LogP contribution in [-0.2, 0) is 10.2 Å². The van der Waals surface area contributed by atoms with Crippen molar-refractivity contribution in [2.24, 2.45) is 5.92 Å². The van der Waals surface area contributed by atoms with Crippen LogP contribution in [-0.4, -0.2) is 47.3 Å². The summed E-state index contributed by atoms with van der Waals surface area (Å²) in [6, 6.07) is 2.30. The average molecular weight is 420 g/mol. The van der Waals surface area contributed by atoms with Gasteiger partial charge in [0, 0.05) is 43.6 Å². The molecule has 31 heavy (non-hydrogen) atoms. The van der Waals surface area contributed by atoms with E-state index in [1.54, 1.807) is 0 Å². The van der Waals surface area contributed by atoms with E-state index in [4.69, 9.17) is 4.74 Å². The number of hydrazine groups is 1. The van der Waals surface area contributed by atoms with Crippen molar-refractivity contribution < 1.29 is 4.74 Å². The van der Waals surface area contributed by atoms with E-state index in [0.717, 1.165) is 38.3 Å². The Labute approximate surface area is 184 Å². The molecule has 5 heterocycles. The Kier molecular flexibility index (Phi) is 5.15. The molecule has 0 saturated carbocycles. The third-order valence-corrected chi connectivity index (χ3v) is 6.69. The summed E-state index contributed by atoms with van der Waals surface area (Å²) < 4.78 is 6.21. The Morgan fingerprint density at radius 1 is 1.29 bits per heavy atom. The highest BCUT2D eigenvalue weighted by atomic mass is 16.5. The first-order chi connectivity index (χ1) is 14.9. The van der Waals surface area contributed by atoms with Gasteiger partial charge < -0.3 is 14.6 Å². The Morgan fingerprint density at radius 2 is 2.16 bits per heavy atom. The lowest BCUT2D eigenvalue weighted by Gasteiger charge is -2.35. The second kappa shape index (κ2) is 7.84. The van der Waals surface area contributed by atoms with E-state index < -0.39 is 0 Å². The fraction of sp³-hybridized carbons (Fsp3) is 0.480. The first kappa shape index (κ1) is 20.3. The summed E-state index contributed by atoms with van der Waals surface area (Å²) in [5.74, 6) is 0.464. The smallest absolute Gasteiger partial charge is 0.139 e. The monoisotopic (exact) mass is 419 g/mol. The summed E-state index contributed by atoms with van der Waals surface area (Å²) in [6.07, 6.45) is 13.8. The van der Waals surface area contributed by atoms with Crippen LogP contribution in [0, 0.1) is 5.92 Å². The zero-order valence-electron chi connectivity index (χ0n) is 19.0. The maximum Gasteiger partial charge on any atom is 0.139 e. The number of morpholine rings is 1. The van der Waals surface area contributed by atoms with E-state index in [-0.39, 0.29) is 11.5 Å². The Balaban J connectivity index is 1.33. The number of nitrogens with zero attached hydrogens (tertiary/aromatic N) is 3. The van der Waals surface area contributed by atoms with Crippen LogP contribution in [0.5, 0.6) is 0 Å². The Hall–Kier alpha value is -2.57. The van der Waals surface area contributed by atoms with Crippen LogP contribution in [0.4, 0.5) is 5.69 Å². The number of allylic oxidation sites excluding steroid dienone is 3. The molecule has 0 aliphatic carbocycles. The van der Waals surface area contributed by atoms with Crippen LogP contribution in [0.1, 0.15) is 39.7 Å². The van der Waals surface area contributed by atoms with Gasteiger partial charge in [-0.1, -0.05) is 33.8 Å². The molecule has 3 aliphatic rings. The van der Waals surface area contributed by atoms with E-state index in [1.165, 1.54) is 27.9 Å². The van der Waals surface area contributed by atoms with Gasteiger partial charge in [0.05, 0.1) is 24.1 Å². The first-order valence-corrected chi connectivity index (χ1v) is 11.3. The molecule has 0 spiro atoms. The van der Waals surface area contributed by atoms with Crippen LogP contribution in [0.15, 0.2) is 54.2 Å². The average Bonchev–Trinajstić information content (AvgIpc) is 3.37. The SMILES string of the molecule is CC(CC1CN(c2c[nH]c3ncc(C(C)(C)C)cc23)CCO1)C1=C2C=CC=CN2NC1. The molecular formula is C25H33N5O. The third kappa shape index (κ3) is 3.90. The Bertz CT molecular complexity index is 1060. The van der Waals surface area contributed by atoms with Gasteiger partial charge in [-0.05, 0) is 47.1 Å². The number of H-pyrrole nitrogens is 1. The van der Waals surface area contributed by atoms with Gasteiger partial charge in [-0.25, -0.2) is 10.4 Å². The normalized spacial score (nSPS) is 22.5. The van der Waals surface area contributed by atoms with Crippen LogP contribution in [0.2, 0.25) is 0 Å². The van der Waals surface area contributed by atoms with Gasteiger partial charge >= 0.3 is 0 Å². The lowest BCUT2D eigenvalue weighted by Crippen LogP contribution is -2.43. The topological polar surface area (TPSA) is 56.4 Å². The van der Waals surface area contributed by atoms with Crippen molar-refractivity contribution in [3.05, 3.63) is 59.7 Å². The van der Waals surface area contributed by atoms with Gasteiger partial charge in [0.15, 0.2) is 0 Å². The predicted molar refractivity (Wildman–Crippen MR) is 126 cm³/mol. The largest absolute Gasteiger partial charge is 0.375 e. The highest BCUT2D eigenvalue weighted by Gasteiger charge is 2.29. The van der Waals surface area contributed by atoms with Gasteiger partial charge in [-0.15, -0.1) is 0 Å². The number of nitrogens with one attached hydrogen (secondary N) is 2. The molecule has 1 saturated heterocycles. The molecule has 2 atom stereocenters. The molecule has 0 aromatic carbocycles. The van der Waals surface area contributed by atoms with E-state index in [1.807, 2.05) is 6.20 Å². The number of rotatable bonds is 4. The van der Waals surface area contributed by atoms with E-state index in [2.05, 4.69) is 89.7 Å². The molecule has 2 unspecified atom stereocenters. The first-order valence-electron chi connectivity index (χ1n) is 11.3. The second-order valence-corrected chi connectivity index (χ2v) is 9.94. The van der Waals surface area contributed by atoms with E-state index >= 15 is 0 Å². The maximum absolute atomic E-state index is 6.21. The van der Waals surface area contributed by atoms with Crippen molar-refractivity contribution in [1.82, 2.24) is 20.4 Å². The molecule has 5 rings (SSSR count). The molecule has 2 N–H and O–H groups in total. The van der Waals surface area contributed by atoms with Crippen LogP contribution in [0.25, 0.3) is 11.0 Å². The van der Waals surface area contributed by atoms with Gasteiger partial charge in [0.1, 0.15) is 5.65 Å². The fourth-order valence-electron chi connectivity index (χ4n) is 4.81. The van der Waals surface area contributed by atoms with Crippen molar-refractivity contribution in [2.45, 2.75) is 45.6 Å². The van der Waals surface area contributed by atoms with E-state index in [9.17, 15) is 0 Å². The van der Waals surface area contributed by atoms with Crippen LogP contribution < -0.4 is 10.3 Å². The molecule has 2 aromatic rings. The maximum atomic E-state index is 6.21. The summed E-state index contributed by atoms with van der Waals surface area (Å²) in [5.41, 5.74) is 9.76. The lowest BCUT2D eigenvalue weighted by atomic mass is 9.88. The van der Waals surface area contributed by atoms with Crippen LogP contribution in [0.3, 0.4) is 0 Å². The quantitative estimate of drug-likeness (QED) is 0.776. The van der Waals surface area contributed by atoms with Gasteiger partial charge in [0.25, 0.3) is 0 Å². The van der Waals surface area contributed by atoms with Crippen molar-refractivity contribution in [3.8, 4) is 0 Å². The lowest BCUT2D eigenvalue weighted by molar-refractivity contribution is 0.0288. The summed E-state index contributed by atoms with van der Waals surface area (Å²) in [4.78, 5) is 10.5.